The van der Waals surface area contributed by atoms with Gasteiger partial charge in [0.2, 0.25) is 5.91 Å². The van der Waals surface area contributed by atoms with Crippen molar-refractivity contribution in [2.75, 3.05) is 30.4 Å². The molecule has 1 aliphatic heterocycles. The van der Waals surface area contributed by atoms with Gasteiger partial charge in [0.05, 0.1) is 12.3 Å². The molecule has 3 heterocycles. The first-order chi connectivity index (χ1) is 13.2. The molecule has 0 aliphatic carbocycles. The van der Waals surface area contributed by atoms with E-state index in [1.54, 1.807) is 12.4 Å². The Labute approximate surface area is 157 Å². The summed E-state index contributed by atoms with van der Waals surface area (Å²) in [6.45, 7) is 0.677. The summed E-state index contributed by atoms with van der Waals surface area (Å²) < 4.78 is 0. The molecular formula is C20H21N5O2. The van der Waals surface area contributed by atoms with Gasteiger partial charge in [-0.25, -0.2) is 0 Å². The topological polar surface area (TPSA) is 94.1 Å². The number of aromatic nitrogens is 3. The molecule has 3 N–H and O–H groups in total. The summed E-state index contributed by atoms with van der Waals surface area (Å²) in [6, 6.07) is 12.0. The molecule has 7 heteroatoms. The SMILES string of the molecule is CN(CCO)c1ccc(C2CC(=O)Nc3n[nH]c(-c4cccnc4)c32)cc1. The van der Waals surface area contributed by atoms with Crippen molar-refractivity contribution in [3.8, 4) is 11.3 Å². The average molecular weight is 363 g/mol. The van der Waals surface area contributed by atoms with Gasteiger partial charge in [0, 0.05) is 55.1 Å². The molecule has 1 atom stereocenters. The van der Waals surface area contributed by atoms with Crippen molar-refractivity contribution in [1.82, 2.24) is 15.2 Å². The first-order valence-corrected chi connectivity index (χ1v) is 8.88. The molecular weight excluding hydrogens is 342 g/mol. The van der Waals surface area contributed by atoms with E-state index in [4.69, 9.17) is 5.11 Å². The number of aliphatic hydroxyl groups is 1. The molecule has 0 saturated heterocycles. The number of nitrogens with one attached hydrogen (secondary N) is 2. The fraction of sp³-hybridized carbons (Fsp3) is 0.250. The third-order valence-corrected chi connectivity index (χ3v) is 4.92. The molecule has 0 saturated carbocycles. The first-order valence-electron chi connectivity index (χ1n) is 8.88. The van der Waals surface area contributed by atoms with E-state index in [0.29, 0.717) is 18.8 Å². The van der Waals surface area contributed by atoms with E-state index in [0.717, 1.165) is 28.1 Å². The molecule has 1 unspecified atom stereocenters. The third-order valence-electron chi connectivity index (χ3n) is 4.92. The fourth-order valence-corrected chi connectivity index (χ4v) is 3.51. The lowest BCUT2D eigenvalue weighted by Crippen LogP contribution is -2.24. The van der Waals surface area contributed by atoms with Crippen molar-refractivity contribution in [3.63, 3.8) is 0 Å². The summed E-state index contributed by atoms with van der Waals surface area (Å²) in [5, 5.41) is 19.3. The standard InChI is InChI=1S/C20H21N5O2/c1-25(9-10-26)15-6-4-13(5-7-15)16-11-17(27)22-20-18(16)19(23-24-20)14-3-2-8-21-12-14/h2-8,12,16,26H,9-11H2,1H3,(H2,22,23,24,27). The molecule has 7 nitrogen and oxygen atoms in total. The second kappa shape index (κ2) is 7.20. The van der Waals surface area contributed by atoms with Crippen LogP contribution < -0.4 is 10.2 Å². The second-order valence-corrected chi connectivity index (χ2v) is 6.64. The summed E-state index contributed by atoms with van der Waals surface area (Å²) in [5.41, 5.74) is 4.88. The number of aliphatic hydroxyl groups excluding tert-OH is 1. The van der Waals surface area contributed by atoms with Crippen LogP contribution in [0.25, 0.3) is 11.3 Å². The highest BCUT2D eigenvalue weighted by Crippen LogP contribution is 2.41. The van der Waals surface area contributed by atoms with Gasteiger partial charge in [0.1, 0.15) is 0 Å². The quantitative estimate of drug-likeness (QED) is 0.647. The van der Waals surface area contributed by atoms with Crippen LogP contribution in [-0.4, -0.2) is 46.4 Å². The van der Waals surface area contributed by atoms with E-state index in [9.17, 15) is 4.79 Å². The van der Waals surface area contributed by atoms with Crippen LogP contribution in [0.4, 0.5) is 11.5 Å². The Bertz CT molecular complexity index is 937. The summed E-state index contributed by atoms with van der Waals surface area (Å²) in [6.07, 6.45) is 3.88. The summed E-state index contributed by atoms with van der Waals surface area (Å²) in [4.78, 5) is 18.4. The molecule has 3 aromatic rings. The number of amides is 1. The number of nitrogens with zero attached hydrogens (tertiary/aromatic N) is 3. The number of aromatic amines is 1. The third kappa shape index (κ3) is 3.29. The first kappa shape index (κ1) is 17.2. The zero-order valence-corrected chi connectivity index (χ0v) is 15.0. The number of pyridine rings is 1. The van der Waals surface area contributed by atoms with Gasteiger partial charge >= 0.3 is 0 Å². The molecule has 1 aromatic carbocycles. The van der Waals surface area contributed by atoms with Gasteiger partial charge in [-0.05, 0) is 29.8 Å². The number of hydrogen-bond acceptors (Lipinski definition) is 5. The lowest BCUT2D eigenvalue weighted by molar-refractivity contribution is -0.116. The van der Waals surface area contributed by atoms with E-state index in [2.05, 4.69) is 20.5 Å². The van der Waals surface area contributed by atoms with Gasteiger partial charge in [-0.3, -0.25) is 14.9 Å². The Morgan fingerprint density at radius 2 is 2.07 bits per heavy atom. The van der Waals surface area contributed by atoms with Crippen molar-refractivity contribution in [1.29, 1.82) is 0 Å². The Balaban J connectivity index is 1.73. The minimum atomic E-state index is -0.0834. The Morgan fingerprint density at radius 3 is 2.78 bits per heavy atom. The average Bonchev–Trinajstić information content (AvgIpc) is 3.12. The lowest BCUT2D eigenvalue weighted by atomic mass is 9.84. The monoisotopic (exact) mass is 363 g/mol. The minimum Gasteiger partial charge on any atom is -0.395 e. The summed E-state index contributed by atoms with van der Waals surface area (Å²) >= 11 is 0. The number of anilines is 2. The number of fused-ring (bicyclic) bond motifs is 1. The molecule has 2 aromatic heterocycles. The van der Waals surface area contributed by atoms with Crippen molar-refractivity contribution in [2.45, 2.75) is 12.3 Å². The van der Waals surface area contributed by atoms with Crippen LogP contribution in [0, 0.1) is 0 Å². The molecule has 0 radical (unpaired) electrons. The maximum atomic E-state index is 12.2. The van der Waals surface area contributed by atoms with Gasteiger partial charge in [0.25, 0.3) is 0 Å². The predicted molar refractivity (Wildman–Crippen MR) is 104 cm³/mol. The second-order valence-electron chi connectivity index (χ2n) is 6.64. The number of carbonyl (C=O) groups is 1. The lowest BCUT2D eigenvalue weighted by Gasteiger charge is -2.24. The van der Waals surface area contributed by atoms with Crippen LogP contribution in [0.1, 0.15) is 23.5 Å². The smallest absolute Gasteiger partial charge is 0.226 e. The van der Waals surface area contributed by atoms with Crippen molar-refractivity contribution < 1.29 is 9.90 Å². The summed E-state index contributed by atoms with van der Waals surface area (Å²) in [5.74, 6) is 0.453. The van der Waals surface area contributed by atoms with E-state index in [1.165, 1.54) is 0 Å². The number of H-pyrrole nitrogens is 1. The Kier molecular flexibility index (Phi) is 4.60. The van der Waals surface area contributed by atoms with Crippen LogP contribution >= 0.6 is 0 Å². The fourth-order valence-electron chi connectivity index (χ4n) is 3.51. The van der Waals surface area contributed by atoms with Gasteiger partial charge in [-0.1, -0.05) is 12.1 Å². The van der Waals surface area contributed by atoms with E-state index < -0.39 is 0 Å². The Hall–Kier alpha value is -3.19. The molecule has 0 fully saturated rings. The Morgan fingerprint density at radius 1 is 1.26 bits per heavy atom. The molecule has 0 bridgehead atoms. The van der Waals surface area contributed by atoms with Crippen molar-refractivity contribution >= 4 is 17.4 Å². The highest BCUT2D eigenvalue weighted by molar-refractivity contribution is 5.96. The molecule has 27 heavy (non-hydrogen) atoms. The molecule has 1 amide bonds. The van der Waals surface area contributed by atoms with Gasteiger partial charge in [-0.2, -0.15) is 5.10 Å². The minimum absolute atomic E-state index is 0.0433. The van der Waals surface area contributed by atoms with Gasteiger partial charge in [-0.15, -0.1) is 0 Å². The van der Waals surface area contributed by atoms with Crippen LogP contribution in [-0.2, 0) is 4.79 Å². The van der Waals surface area contributed by atoms with Crippen LogP contribution in [0.15, 0.2) is 48.8 Å². The zero-order chi connectivity index (χ0) is 18.8. The molecule has 138 valence electrons. The van der Waals surface area contributed by atoms with E-state index >= 15 is 0 Å². The maximum Gasteiger partial charge on any atom is 0.226 e. The molecule has 4 rings (SSSR count). The maximum absolute atomic E-state index is 12.2. The van der Waals surface area contributed by atoms with Gasteiger partial charge < -0.3 is 15.3 Å². The van der Waals surface area contributed by atoms with E-state index in [-0.39, 0.29) is 18.4 Å². The number of carbonyl (C=O) groups excluding carboxylic acids is 1. The van der Waals surface area contributed by atoms with Crippen LogP contribution in [0.3, 0.4) is 0 Å². The number of hydrogen-bond donors (Lipinski definition) is 3. The van der Waals surface area contributed by atoms with Gasteiger partial charge in [0.15, 0.2) is 5.82 Å². The summed E-state index contributed by atoms with van der Waals surface area (Å²) in [7, 11) is 1.94. The highest BCUT2D eigenvalue weighted by Gasteiger charge is 2.32. The molecule has 1 aliphatic rings. The van der Waals surface area contributed by atoms with Crippen LogP contribution in [0.2, 0.25) is 0 Å². The zero-order valence-electron chi connectivity index (χ0n) is 15.0. The normalized spacial score (nSPS) is 15.9. The molecule has 0 spiro atoms. The largest absolute Gasteiger partial charge is 0.395 e. The van der Waals surface area contributed by atoms with Crippen molar-refractivity contribution in [2.24, 2.45) is 0 Å². The highest BCUT2D eigenvalue weighted by atomic mass is 16.3. The number of likely N-dealkylation sites (N-methyl/N-ethyl adjacent to an activating group) is 1. The predicted octanol–water partition coefficient (Wildman–Crippen LogP) is 2.37. The number of benzene rings is 1. The van der Waals surface area contributed by atoms with Crippen molar-refractivity contribution in [3.05, 3.63) is 59.9 Å². The van der Waals surface area contributed by atoms with Crippen LogP contribution in [0.5, 0.6) is 0 Å². The van der Waals surface area contributed by atoms with E-state index in [1.807, 2.05) is 48.3 Å². The number of rotatable bonds is 5.